The number of aryl methyl sites for hydroxylation is 3. The fourth-order valence-corrected chi connectivity index (χ4v) is 7.45. The third-order valence-corrected chi connectivity index (χ3v) is 10.0. The maximum Gasteiger partial charge on any atom is 0.262 e. The fraction of sp³-hybridized carbons (Fsp3) is 0.409. The van der Waals surface area contributed by atoms with Gasteiger partial charge in [-0.15, -0.1) is 34.0 Å². The first-order chi connectivity index (χ1) is 15.2. The molecule has 3 aromatic rings. The van der Waals surface area contributed by atoms with E-state index >= 15 is 0 Å². The summed E-state index contributed by atoms with van der Waals surface area (Å²) in [6.45, 7) is 13.8. The lowest BCUT2D eigenvalue weighted by molar-refractivity contribution is 0.0785. The van der Waals surface area contributed by atoms with Crippen molar-refractivity contribution >= 4 is 56.9 Å². The standard InChI is InChI=1S/C22H25N5OS4/c1-12-18(30-14(3)24-12)11-27-15(4)26(10-16-9-23-13(2)29-16)20(28)17-8-19(31-21(17)27)32-25-22(5)6-7-22/h8-9,25H,4,6-7,10-11H2,1-3,5H3. The van der Waals surface area contributed by atoms with Crippen LogP contribution in [0.1, 0.15) is 55.6 Å². The maximum atomic E-state index is 13.5. The summed E-state index contributed by atoms with van der Waals surface area (Å²) in [4.78, 5) is 28.7. The SMILES string of the molecule is C=C1N(Cc2cnc(C)s2)C(=O)c2cc(SNC3(C)CC3)sc2N1Cc1sc(C)nc1C. The van der Waals surface area contributed by atoms with Crippen LogP contribution in [0.15, 0.2) is 28.9 Å². The zero-order valence-electron chi connectivity index (χ0n) is 18.5. The van der Waals surface area contributed by atoms with Gasteiger partial charge in [-0.3, -0.25) is 14.4 Å². The van der Waals surface area contributed by atoms with Gasteiger partial charge in [-0.05, 0) is 58.6 Å². The highest BCUT2D eigenvalue weighted by atomic mass is 32.2. The lowest BCUT2D eigenvalue weighted by Crippen LogP contribution is -2.42. The number of aromatic nitrogens is 2. The van der Waals surface area contributed by atoms with Crippen LogP contribution in [0.3, 0.4) is 0 Å². The van der Waals surface area contributed by atoms with Gasteiger partial charge in [0.1, 0.15) is 10.8 Å². The molecule has 0 saturated heterocycles. The smallest absolute Gasteiger partial charge is 0.262 e. The number of carbonyl (C=O) groups is 1. The Hall–Kier alpha value is -1.72. The van der Waals surface area contributed by atoms with Crippen molar-refractivity contribution in [3.05, 3.63) is 55.7 Å². The predicted molar refractivity (Wildman–Crippen MR) is 135 cm³/mol. The Morgan fingerprint density at radius 3 is 2.56 bits per heavy atom. The molecular weight excluding hydrogens is 479 g/mol. The first kappa shape index (κ1) is 22.1. The van der Waals surface area contributed by atoms with Crippen LogP contribution in [0, 0.1) is 20.8 Å². The highest BCUT2D eigenvalue weighted by Gasteiger charge is 2.39. The van der Waals surface area contributed by atoms with Crippen molar-refractivity contribution in [3.63, 3.8) is 0 Å². The maximum absolute atomic E-state index is 13.5. The number of thiazole rings is 2. The molecule has 32 heavy (non-hydrogen) atoms. The Balaban J connectivity index is 1.49. The molecule has 2 aliphatic rings. The second-order valence-electron chi connectivity index (χ2n) is 8.53. The third kappa shape index (κ3) is 4.26. The number of nitrogens with one attached hydrogen (secondary N) is 1. The minimum Gasteiger partial charge on any atom is -0.314 e. The Morgan fingerprint density at radius 2 is 1.94 bits per heavy atom. The molecule has 168 valence electrons. The van der Waals surface area contributed by atoms with Crippen molar-refractivity contribution in [2.75, 3.05) is 4.90 Å². The minimum absolute atomic E-state index is 0.00486. The number of rotatable bonds is 7. The molecule has 10 heteroatoms. The number of hydrogen-bond donors (Lipinski definition) is 1. The van der Waals surface area contributed by atoms with E-state index in [1.54, 1.807) is 50.9 Å². The second-order valence-corrected chi connectivity index (χ2v) is 13.3. The summed E-state index contributed by atoms with van der Waals surface area (Å²) < 4.78 is 4.66. The van der Waals surface area contributed by atoms with Gasteiger partial charge in [0.05, 0.1) is 38.6 Å². The molecule has 0 unspecified atom stereocenters. The van der Waals surface area contributed by atoms with Crippen LogP contribution in [0.4, 0.5) is 5.00 Å². The van der Waals surface area contributed by atoms with Gasteiger partial charge < -0.3 is 4.90 Å². The highest BCUT2D eigenvalue weighted by molar-refractivity contribution is 7.99. The van der Waals surface area contributed by atoms with E-state index in [9.17, 15) is 4.79 Å². The number of hydrogen-bond acceptors (Lipinski definition) is 9. The van der Waals surface area contributed by atoms with Gasteiger partial charge in [0, 0.05) is 21.5 Å². The summed E-state index contributed by atoms with van der Waals surface area (Å²) in [7, 11) is 0. The summed E-state index contributed by atoms with van der Waals surface area (Å²) in [5.74, 6) is 0.713. The normalized spacial score (nSPS) is 17.2. The topological polar surface area (TPSA) is 61.4 Å². The van der Waals surface area contributed by atoms with Gasteiger partial charge in [-0.2, -0.15) is 0 Å². The van der Waals surface area contributed by atoms with Gasteiger partial charge in [0.25, 0.3) is 5.91 Å². The number of anilines is 1. The molecule has 3 aromatic heterocycles. The lowest BCUT2D eigenvalue weighted by Gasteiger charge is -2.37. The largest absolute Gasteiger partial charge is 0.314 e. The molecule has 1 amide bonds. The van der Waals surface area contributed by atoms with Crippen molar-refractivity contribution in [2.24, 2.45) is 0 Å². The third-order valence-electron chi connectivity index (χ3n) is 5.72. The molecule has 4 heterocycles. The Kier molecular flexibility index (Phi) is 5.69. The Bertz CT molecular complexity index is 1200. The number of fused-ring (bicyclic) bond motifs is 1. The van der Waals surface area contributed by atoms with Crippen LogP contribution in [0.25, 0.3) is 0 Å². The summed E-state index contributed by atoms with van der Waals surface area (Å²) >= 11 is 6.61. The van der Waals surface area contributed by atoms with E-state index in [1.165, 1.54) is 17.7 Å². The number of amides is 1. The van der Waals surface area contributed by atoms with E-state index in [1.807, 2.05) is 33.0 Å². The van der Waals surface area contributed by atoms with E-state index < -0.39 is 0 Å². The zero-order chi connectivity index (χ0) is 22.6. The highest BCUT2D eigenvalue weighted by Crippen LogP contribution is 2.45. The summed E-state index contributed by atoms with van der Waals surface area (Å²) in [6, 6.07) is 2.03. The number of carbonyl (C=O) groups excluding carboxylic acids is 1. The predicted octanol–water partition coefficient (Wildman–Crippen LogP) is 5.87. The molecule has 1 aliphatic heterocycles. The van der Waals surface area contributed by atoms with E-state index in [0.717, 1.165) is 35.4 Å². The zero-order valence-corrected chi connectivity index (χ0v) is 21.8. The molecule has 5 rings (SSSR count). The molecule has 0 atom stereocenters. The molecular formula is C22H25N5OS4. The van der Waals surface area contributed by atoms with Crippen LogP contribution in [0.5, 0.6) is 0 Å². The monoisotopic (exact) mass is 503 g/mol. The average Bonchev–Trinajstić information content (AvgIpc) is 3.06. The van der Waals surface area contributed by atoms with Crippen LogP contribution < -0.4 is 9.62 Å². The van der Waals surface area contributed by atoms with Crippen molar-refractivity contribution in [2.45, 2.75) is 63.4 Å². The Labute approximate surface area is 204 Å². The molecule has 1 aliphatic carbocycles. The van der Waals surface area contributed by atoms with Gasteiger partial charge in [0.15, 0.2) is 0 Å². The van der Waals surface area contributed by atoms with Crippen LogP contribution in [-0.2, 0) is 13.1 Å². The van der Waals surface area contributed by atoms with Crippen molar-refractivity contribution in [3.8, 4) is 0 Å². The van der Waals surface area contributed by atoms with Crippen LogP contribution in [-0.4, -0.2) is 26.3 Å². The van der Waals surface area contributed by atoms with Crippen molar-refractivity contribution < 1.29 is 4.79 Å². The lowest BCUT2D eigenvalue weighted by atomic mass is 10.2. The molecule has 1 N–H and O–H groups in total. The number of thiophene rings is 1. The molecule has 0 aromatic carbocycles. The first-order valence-corrected chi connectivity index (χ1v) is 13.7. The number of nitrogens with zero attached hydrogens (tertiary/aromatic N) is 4. The first-order valence-electron chi connectivity index (χ1n) is 10.4. The quantitative estimate of drug-likeness (QED) is 0.407. The molecule has 6 nitrogen and oxygen atoms in total. The van der Waals surface area contributed by atoms with Crippen LogP contribution in [0.2, 0.25) is 0 Å². The average molecular weight is 504 g/mol. The molecule has 0 bridgehead atoms. The van der Waals surface area contributed by atoms with Gasteiger partial charge in [-0.25, -0.2) is 9.97 Å². The van der Waals surface area contributed by atoms with E-state index in [2.05, 4.69) is 33.1 Å². The summed E-state index contributed by atoms with van der Waals surface area (Å²) in [5, 5.41) is 3.02. The van der Waals surface area contributed by atoms with Crippen molar-refractivity contribution in [1.82, 2.24) is 19.6 Å². The van der Waals surface area contributed by atoms with E-state index in [-0.39, 0.29) is 11.4 Å². The Morgan fingerprint density at radius 1 is 1.16 bits per heavy atom. The van der Waals surface area contributed by atoms with Gasteiger partial charge in [-0.1, -0.05) is 6.58 Å². The minimum atomic E-state index is 0.00486. The fourth-order valence-electron chi connectivity index (χ4n) is 3.58. The molecule has 0 spiro atoms. The van der Waals surface area contributed by atoms with Gasteiger partial charge >= 0.3 is 0 Å². The second kappa shape index (κ2) is 8.25. The van der Waals surface area contributed by atoms with Gasteiger partial charge in [0.2, 0.25) is 0 Å². The molecule has 0 radical (unpaired) electrons. The van der Waals surface area contributed by atoms with Crippen LogP contribution >= 0.6 is 46.0 Å². The van der Waals surface area contributed by atoms with E-state index in [0.29, 0.717) is 18.9 Å². The summed E-state index contributed by atoms with van der Waals surface area (Å²) in [6.07, 6.45) is 4.24. The summed E-state index contributed by atoms with van der Waals surface area (Å²) in [5.41, 5.74) is 2.00. The van der Waals surface area contributed by atoms with E-state index in [4.69, 9.17) is 0 Å². The molecule has 1 fully saturated rings. The van der Waals surface area contributed by atoms with Crippen molar-refractivity contribution in [1.29, 1.82) is 0 Å². The molecule has 1 saturated carbocycles.